The SMILES string of the molecule is CC(C)NCc1ccc(F)cc1S(=O)(=O)Nc1ccsc1. The lowest BCUT2D eigenvalue weighted by Crippen LogP contribution is -2.24. The molecule has 1 heterocycles. The zero-order chi connectivity index (χ0) is 15.5. The number of hydrogen-bond donors (Lipinski definition) is 2. The van der Waals surface area contributed by atoms with E-state index in [0.717, 1.165) is 6.07 Å². The first-order chi connectivity index (χ1) is 9.88. The fourth-order valence-electron chi connectivity index (χ4n) is 1.77. The van der Waals surface area contributed by atoms with Gasteiger partial charge in [0.2, 0.25) is 0 Å². The van der Waals surface area contributed by atoms with Crippen LogP contribution in [0, 0.1) is 5.82 Å². The Bertz CT molecular complexity index is 698. The van der Waals surface area contributed by atoms with E-state index in [1.54, 1.807) is 16.8 Å². The monoisotopic (exact) mass is 328 g/mol. The molecule has 4 nitrogen and oxygen atoms in total. The van der Waals surface area contributed by atoms with Crippen LogP contribution in [0.25, 0.3) is 0 Å². The van der Waals surface area contributed by atoms with E-state index in [0.29, 0.717) is 17.8 Å². The third-order valence-corrected chi connectivity index (χ3v) is 4.94. The van der Waals surface area contributed by atoms with Crippen LogP contribution in [-0.2, 0) is 16.6 Å². The lowest BCUT2D eigenvalue weighted by molar-refractivity contribution is 0.570. The maximum Gasteiger partial charge on any atom is 0.262 e. The highest BCUT2D eigenvalue weighted by Crippen LogP contribution is 2.22. The molecule has 0 aliphatic rings. The molecule has 114 valence electrons. The Hall–Kier alpha value is -1.44. The van der Waals surface area contributed by atoms with Crippen molar-refractivity contribution in [3.05, 3.63) is 46.4 Å². The van der Waals surface area contributed by atoms with Crippen molar-refractivity contribution < 1.29 is 12.8 Å². The molecular formula is C14H17FN2O2S2. The lowest BCUT2D eigenvalue weighted by atomic mass is 10.2. The Morgan fingerprint density at radius 3 is 2.67 bits per heavy atom. The summed E-state index contributed by atoms with van der Waals surface area (Å²) in [5, 5.41) is 6.59. The van der Waals surface area contributed by atoms with Gasteiger partial charge in [0, 0.05) is 18.0 Å². The minimum Gasteiger partial charge on any atom is -0.310 e. The molecule has 0 aliphatic carbocycles. The number of halogens is 1. The van der Waals surface area contributed by atoms with Crippen molar-refractivity contribution in [2.45, 2.75) is 31.3 Å². The third-order valence-electron chi connectivity index (χ3n) is 2.79. The maximum absolute atomic E-state index is 13.4. The van der Waals surface area contributed by atoms with Gasteiger partial charge in [0.25, 0.3) is 10.0 Å². The van der Waals surface area contributed by atoms with Gasteiger partial charge in [-0.25, -0.2) is 12.8 Å². The van der Waals surface area contributed by atoms with Crippen molar-refractivity contribution in [3.63, 3.8) is 0 Å². The molecule has 2 aromatic rings. The van der Waals surface area contributed by atoms with Gasteiger partial charge in [0.05, 0.1) is 10.6 Å². The van der Waals surface area contributed by atoms with Crippen LogP contribution in [0.2, 0.25) is 0 Å². The van der Waals surface area contributed by atoms with E-state index >= 15 is 0 Å². The fraction of sp³-hybridized carbons (Fsp3) is 0.286. The highest BCUT2D eigenvalue weighted by molar-refractivity contribution is 7.92. The third kappa shape index (κ3) is 4.26. The summed E-state index contributed by atoms with van der Waals surface area (Å²) >= 11 is 1.38. The largest absolute Gasteiger partial charge is 0.310 e. The second-order valence-electron chi connectivity index (χ2n) is 4.91. The van der Waals surface area contributed by atoms with Crippen molar-refractivity contribution in [2.24, 2.45) is 0 Å². The summed E-state index contributed by atoms with van der Waals surface area (Å²) in [6.07, 6.45) is 0. The molecule has 2 N–H and O–H groups in total. The molecule has 0 unspecified atom stereocenters. The fourth-order valence-corrected chi connectivity index (χ4v) is 3.73. The molecule has 0 radical (unpaired) electrons. The quantitative estimate of drug-likeness (QED) is 0.856. The molecule has 0 atom stereocenters. The molecule has 0 saturated carbocycles. The molecule has 21 heavy (non-hydrogen) atoms. The molecule has 1 aromatic carbocycles. The first kappa shape index (κ1) is 15.9. The summed E-state index contributed by atoms with van der Waals surface area (Å²) in [5.74, 6) is -0.575. The highest BCUT2D eigenvalue weighted by Gasteiger charge is 2.19. The zero-order valence-corrected chi connectivity index (χ0v) is 13.4. The van der Waals surface area contributed by atoms with Gasteiger partial charge in [-0.15, -0.1) is 0 Å². The van der Waals surface area contributed by atoms with Gasteiger partial charge in [0.1, 0.15) is 5.82 Å². The zero-order valence-electron chi connectivity index (χ0n) is 11.8. The number of rotatable bonds is 6. The van der Waals surface area contributed by atoms with Gasteiger partial charge in [0.15, 0.2) is 0 Å². The molecule has 0 aliphatic heterocycles. The van der Waals surface area contributed by atoms with Crippen molar-refractivity contribution in [1.29, 1.82) is 0 Å². The minimum absolute atomic E-state index is 0.0400. The lowest BCUT2D eigenvalue weighted by Gasteiger charge is -2.14. The number of nitrogens with one attached hydrogen (secondary N) is 2. The van der Waals surface area contributed by atoms with Crippen molar-refractivity contribution in [3.8, 4) is 0 Å². The molecule has 0 saturated heterocycles. The summed E-state index contributed by atoms with van der Waals surface area (Å²) in [5.41, 5.74) is 1.01. The smallest absolute Gasteiger partial charge is 0.262 e. The van der Waals surface area contributed by atoms with E-state index in [2.05, 4.69) is 10.0 Å². The van der Waals surface area contributed by atoms with E-state index in [9.17, 15) is 12.8 Å². The van der Waals surface area contributed by atoms with Crippen LogP contribution in [0.1, 0.15) is 19.4 Å². The normalized spacial score (nSPS) is 11.8. The van der Waals surface area contributed by atoms with Crippen molar-refractivity contribution >= 4 is 27.0 Å². The second-order valence-corrected chi connectivity index (χ2v) is 7.34. The minimum atomic E-state index is -3.81. The van der Waals surface area contributed by atoms with E-state index in [1.165, 1.54) is 23.5 Å². The first-order valence-electron chi connectivity index (χ1n) is 6.45. The second kappa shape index (κ2) is 6.55. The van der Waals surface area contributed by atoms with Gasteiger partial charge >= 0.3 is 0 Å². The Balaban J connectivity index is 2.34. The number of hydrogen-bond acceptors (Lipinski definition) is 4. The standard InChI is InChI=1S/C14H17FN2O2S2/c1-10(2)16-8-11-3-4-12(15)7-14(11)21(18,19)17-13-5-6-20-9-13/h3-7,9-10,16-17H,8H2,1-2H3. The number of benzene rings is 1. The summed E-state index contributed by atoms with van der Waals surface area (Å²) in [7, 11) is -3.81. The van der Waals surface area contributed by atoms with Crippen LogP contribution in [-0.4, -0.2) is 14.5 Å². The molecule has 0 amide bonds. The van der Waals surface area contributed by atoms with E-state index in [1.807, 2.05) is 13.8 Å². The van der Waals surface area contributed by atoms with Crippen LogP contribution < -0.4 is 10.0 Å². The van der Waals surface area contributed by atoms with E-state index in [4.69, 9.17) is 0 Å². The molecule has 7 heteroatoms. The molecule has 0 spiro atoms. The molecular weight excluding hydrogens is 311 g/mol. The maximum atomic E-state index is 13.4. The van der Waals surface area contributed by atoms with Crippen LogP contribution >= 0.6 is 11.3 Å². The average Bonchev–Trinajstić information content (AvgIpc) is 2.89. The van der Waals surface area contributed by atoms with Gasteiger partial charge in [-0.05, 0) is 29.1 Å². The summed E-state index contributed by atoms with van der Waals surface area (Å²) in [4.78, 5) is -0.0400. The van der Waals surface area contributed by atoms with E-state index in [-0.39, 0.29) is 10.9 Å². The summed E-state index contributed by atoms with van der Waals surface area (Å²) in [6.45, 7) is 4.28. The van der Waals surface area contributed by atoms with Crippen molar-refractivity contribution in [1.82, 2.24) is 5.32 Å². The first-order valence-corrected chi connectivity index (χ1v) is 8.88. The molecule has 2 rings (SSSR count). The van der Waals surface area contributed by atoms with Crippen LogP contribution in [0.15, 0.2) is 39.9 Å². The van der Waals surface area contributed by atoms with Crippen LogP contribution in [0.3, 0.4) is 0 Å². The van der Waals surface area contributed by atoms with Gasteiger partial charge in [-0.2, -0.15) is 11.3 Å². The van der Waals surface area contributed by atoms with Gasteiger partial charge in [-0.3, -0.25) is 4.72 Å². The van der Waals surface area contributed by atoms with Gasteiger partial charge in [-0.1, -0.05) is 19.9 Å². The Kier molecular flexibility index (Phi) is 4.97. The Morgan fingerprint density at radius 2 is 2.05 bits per heavy atom. The number of sulfonamides is 1. The Labute approximate surface area is 128 Å². The van der Waals surface area contributed by atoms with Crippen molar-refractivity contribution in [2.75, 3.05) is 4.72 Å². The Morgan fingerprint density at radius 1 is 1.29 bits per heavy atom. The van der Waals surface area contributed by atoms with Crippen LogP contribution in [0.4, 0.5) is 10.1 Å². The average molecular weight is 328 g/mol. The number of anilines is 1. The summed E-state index contributed by atoms with van der Waals surface area (Å²) in [6, 6.07) is 5.67. The molecule has 0 bridgehead atoms. The van der Waals surface area contributed by atoms with E-state index < -0.39 is 15.8 Å². The predicted octanol–water partition coefficient (Wildman–Crippen LogP) is 3.19. The summed E-state index contributed by atoms with van der Waals surface area (Å²) < 4.78 is 40.7. The number of thiophene rings is 1. The molecule has 0 fully saturated rings. The topological polar surface area (TPSA) is 58.2 Å². The van der Waals surface area contributed by atoms with Gasteiger partial charge < -0.3 is 5.32 Å². The molecule has 1 aromatic heterocycles. The predicted molar refractivity (Wildman–Crippen MR) is 83.5 cm³/mol. The highest BCUT2D eigenvalue weighted by atomic mass is 32.2. The van der Waals surface area contributed by atoms with Crippen LogP contribution in [0.5, 0.6) is 0 Å².